The Kier molecular flexibility index (Phi) is 11.9. The summed E-state index contributed by atoms with van der Waals surface area (Å²) in [6.07, 6.45) is 5.03. The molecule has 0 fully saturated rings. The van der Waals surface area contributed by atoms with Crippen LogP contribution >= 0.6 is 23.2 Å². The number of likely N-dealkylation sites (N-methyl/N-ethyl adjacent to an activating group) is 1. The molecule has 0 aliphatic carbocycles. The van der Waals surface area contributed by atoms with E-state index in [0.717, 1.165) is 23.6 Å². The number of hydrogen-bond donors (Lipinski definition) is 3. The Morgan fingerprint density at radius 2 is 1.76 bits per heavy atom. The highest BCUT2D eigenvalue weighted by Crippen LogP contribution is 2.38. The summed E-state index contributed by atoms with van der Waals surface area (Å²) in [5.74, 6) is -1.65. The molecule has 0 bridgehead atoms. The molecule has 1 aromatic heterocycles. The largest absolute Gasteiger partial charge is 0.481 e. The third-order valence-electron chi connectivity index (χ3n) is 6.96. The fourth-order valence-electron chi connectivity index (χ4n) is 4.67. The highest BCUT2D eigenvalue weighted by Gasteiger charge is 2.30. The van der Waals surface area contributed by atoms with Crippen molar-refractivity contribution >= 4 is 39.2 Å². The van der Waals surface area contributed by atoms with Crippen molar-refractivity contribution in [2.75, 3.05) is 20.1 Å². The number of carboxylic acid groups (broad SMARTS) is 1. The maximum Gasteiger partial charge on any atom is 0.303 e. The number of rotatable bonds is 15. The molecule has 1 heterocycles. The SMILES string of the molecule is CN(CC(O)CNC(C)(C)CCCc1ccncc1)S(=O)(=O)c1c(Cl)cc(-c2c(F)cccc2CCC(=O)O)cc1Cl. The van der Waals surface area contributed by atoms with Crippen molar-refractivity contribution in [3.8, 4) is 11.1 Å². The molecular weight excluding hydrogens is 604 g/mol. The number of pyridine rings is 1. The molecule has 0 aliphatic heterocycles. The lowest BCUT2D eigenvalue weighted by atomic mass is 9.95. The van der Waals surface area contributed by atoms with Gasteiger partial charge in [-0.25, -0.2) is 12.8 Å². The second-order valence-electron chi connectivity index (χ2n) is 10.8. The summed E-state index contributed by atoms with van der Waals surface area (Å²) >= 11 is 12.8. The molecule has 8 nitrogen and oxygen atoms in total. The lowest BCUT2D eigenvalue weighted by Gasteiger charge is -2.29. The van der Waals surface area contributed by atoms with Gasteiger partial charge in [0.25, 0.3) is 0 Å². The molecular formula is C30H36Cl2FN3O5S. The van der Waals surface area contributed by atoms with E-state index in [1.54, 1.807) is 18.5 Å². The Hall–Kier alpha value is -2.60. The molecule has 0 aliphatic rings. The first-order valence-electron chi connectivity index (χ1n) is 13.5. The molecule has 0 spiro atoms. The molecule has 3 N–H and O–H groups in total. The van der Waals surface area contributed by atoms with E-state index in [4.69, 9.17) is 28.3 Å². The van der Waals surface area contributed by atoms with Crippen molar-refractivity contribution in [1.29, 1.82) is 0 Å². The maximum atomic E-state index is 14.8. The number of carboxylic acids is 1. The zero-order valence-electron chi connectivity index (χ0n) is 23.8. The lowest BCUT2D eigenvalue weighted by Crippen LogP contribution is -2.46. The molecule has 0 saturated heterocycles. The predicted octanol–water partition coefficient (Wildman–Crippen LogP) is 5.58. The number of aliphatic carboxylic acids is 1. The number of carbonyl (C=O) groups is 1. The Morgan fingerprint density at radius 3 is 2.38 bits per heavy atom. The van der Waals surface area contributed by atoms with Gasteiger partial charge in [0.2, 0.25) is 10.0 Å². The fraction of sp³-hybridized carbons (Fsp3) is 0.400. The van der Waals surface area contributed by atoms with Gasteiger partial charge >= 0.3 is 5.97 Å². The molecule has 1 atom stereocenters. The van der Waals surface area contributed by atoms with Crippen molar-refractivity contribution in [2.24, 2.45) is 0 Å². The van der Waals surface area contributed by atoms with Gasteiger partial charge in [0.05, 0.1) is 16.1 Å². The summed E-state index contributed by atoms with van der Waals surface area (Å²) in [6, 6.07) is 10.8. The Morgan fingerprint density at radius 1 is 1.12 bits per heavy atom. The fourth-order valence-corrected chi connectivity index (χ4v) is 7.04. The van der Waals surface area contributed by atoms with Crippen LogP contribution in [0.4, 0.5) is 4.39 Å². The van der Waals surface area contributed by atoms with Crippen molar-refractivity contribution in [3.63, 3.8) is 0 Å². The van der Waals surface area contributed by atoms with Gasteiger partial charge < -0.3 is 15.5 Å². The number of aliphatic hydroxyl groups is 1. The van der Waals surface area contributed by atoms with Crippen LogP contribution in [0.2, 0.25) is 10.0 Å². The monoisotopic (exact) mass is 639 g/mol. The average Bonchev–Trinajstić information content (AvgIpc) is 2.90. The van der Waals surface area contributed by atoms with E-state index in [2.05, 4.69) is 10.3 Å². The lowest BCUT2D eigenvalue weighted by molar-refractivity contribution is -0.136. The summed E-state index contributed by atoms with van der Waals surface area (Å²) in [5.41, 5.74) is 1.66. The smallest absolute Gasteiger partial charge is 0.303 e. The minimum Gasteiger partial charge on any atom is -0.481 e. The molecule has 228 valence electrons. The van der Waals surface area contributed by atoms with Gasteiger partial charge in [-0.1, -0.05) is 35.3 Å². The molecule has 42 heavy (non-hydrogen) atoms. The van der Waals surface area contributed by atoms with Crippen LogP contribution in [0.25, 0.3) is 11.1 Å². The average molecular weight is 641 g/mol. The first kappa shape index (κ1) is 33.9. The number of halogens is 3. The van der Waals surface area contributed by atoms with Crippen LogP contribution in [0, 0.1) is 5.82 Å². The Bertz CT molecular complexity index is 1470. The van der Waals surface area contributed by atoms with E-state index < -0.39 is 27.9 Å². The van der Waals surface area contributed by atoms with Crippen LogP contribution in [0.15, 0.2) is 59.8 Å². The van der Waals surface area contributed by atoms with Crippen LogP contribution in [0.5, 0.6) is 0 Å². The van der Waals surface area contributed by atoms with Crippen molar-refractivity contribution in [1.82, 2.24) is 14.6 Å². The third-order valence-corrected chi connectivity index (χ3v) is 9.71. The van der Waals surface area contributed by atoms with Gasteiger partial charge in [-0.15, -0.1) is 0 Å². The molecule has 0 saturated carbocycles. The molecule has 2 aromatic carbocycles. The van der Waals surface area contributed by atoms with E-state index in [9.17, 15) is 22.7 Å². The van der Waals surface area contributed by atoms with Crippen LogP contribution in [-0.2, 0) is 27.7 Å². The van der Waals surface area contributed by atoms with Gasteiger partial charge in [0.1, 0.15) is 10.7 Å². The van der Waals surface area contributed by atoms with E-state index in [1.807, 2.05) is 26.0 Å². The second kappa shape index (κ2) is 14.7. The molecule has 3 rings (SSSR count). The number of nitrogens with zero attached hydrogens (tertiary/aromatic N) is 2. The van der Waals surface area contributed by atoms with E-state index in [0.29, 0.717) is 5.56 Å². The minimum absolute atomic E-state index is 0.0634. The van der Waals surface area contributed by atoms with Crippen molar-refractivity contribution in [3.05, 3.63) is 81.8 Å². The second-order valence-corrected chi connectivity index (χ2v) is 13.6. The highest BCUT2D eigenvalue weighted by atomic mass is 35.5. The number of aromatic nitrogens is 1. The normalized spacial score (nSPS) is 13.0. The van der Waals surface area contributed by atoms with E-state index in [-0.39, 0.29) is 57.5 Å². The maximum absolute atomic E-state index is 14.8. The topological polar surface area (TPSA) is 120 Å². The van der Waals surface area contributed by atoms with Crippen LogP contribution < -0.4 is 5.32 Å². The molecule has 12 heteroatoms. The van der Waals surface area contributed by atoms with Crippen LogP contribution in [0.3, 0.4) is 0 Å². The van der Waals surface area contributed by atoms with E-state index in [1.165, 1.54) is 36.9 Å². The van der Waals surface area contributed by atoms with E-state index >= 15 is 0 Å². The summed E-state index contributed by atoms with van der Waals surface area (Å²) in [5, 5.41) is 22.6. The van der Waals surface area contributed by atoms with Gasteiger partial charge in [-0.2, -0.15) is 4.31 Å². The van der Waals surface area contributed by atoms with Gasteiger partial charge in [-0.05, 0) is 86.6 Å². The van der Waals surface area contributed by atoms with Crippen LogP contribution in [0.1, 0.15) is 44.2 Å². The number of sulfonamides is 1. The molecule has 1 unspecified atom stereocenters. The number of hydrogen-bond acceptors (Lipinski definition) is 6. The highest BCUT2D eigenvalue weighted by molar-refractivity contribution is 7.89. The number of nitrogens with one attached hydrogen (secondary N) is 1. The molecule has 0 radical (unpaired) electrons. The minimum atomic E-state index is -4.23. The summed E-state index contributed by atoms with van der Waals surface area (Å²) in [4.78, 5) is 14.7. The van der Waals surface area contributed by atoms with Crippen molar-refractivity contribution < 1.29 is 27.8 Å². The Labute approximate surface area is 256 Å². The van der Waals surface area contributed by atoms with Crippen LogP contribution in [-0.4, -0.2) is 65.7 Å². The zero-order valence-corrected chi connectivity index (χ0v) is 26.1. The third kappa shape index (κ3) is 9.20. The summed E-state index contributed by atoms with van der Waals surface area (Å²) < 4.78 is 42.7. The predicted molar refractivity (Wildman–Crippen MR) is 163 cm³/mol. The number of aryl methyl sites for hydroxylation is 2. The first-order chi connectivity index (χ1) is 19.7. The van der Waals surface area contributed by atoms with Gasteiger partial charge in [-0.3, -0.25) is 9.78 Å². The number of aliphatic hydroxyl groups excluding tert-OH is 1. The molecule has 0 amide bonds. The van der Waals surface area contributed by atoms with Gasteiger partial charge in [0, 0.05) is 50.1 Å². The van der Waals surface area contributed by atoms with Gasteiger partial charge in [0.15, 0.2) is 0 Å². The zero-order chi connectivity index (χ0) is 31.1. The number of benzene rings is 2. The molecule has 3 aromatic rings. The quantitative estimate of drug-likeness (QED) is 0.198. The first-order valence-corrected chi connectivity index (χ1v) is 15.7. The summed E-state index contributed by atoms with van der Waals surface area (Å²) in [6.45, 7) is 3.99. The summed E-state index contributed by atoms with van der Waals surface area (Å²) in [7, 11) is -2.91. The van der Waals surface area contributed by atoms with Crippen molar-refractivity contribution in [2.45, 2.75) is 62.5 Å². The number of β-amino-alcohol motifs (C(OH)–C–C–N with tert-alkyl or cyclic N) is 1. The Balaban J connectivity index is 1.68. The standard InChI is InChI=1S/C30H36Cl2FN3O5S/c1-30(2,13-5-6-20-11-14-34-15-12-20)35-18-23(37)19-36(3)42(40,41)29-24(31)16-22(17-25(29)32)28-21(9-10-27(38)39)7-4-8-26(28)33/h4,7-8,11-12,14-17,23,35,37H,5-6,9-10,13,18-19H2,1-3H3,(H,38,39).